The van der Waals surface area contributed by atoms with Crippen molar-refractivity contribution in [2.75, 3.05) is 6.54 Å². The molecule has 0 unspecified atom stereocenters. The smallest absolute Gasteiger partial charge is 0.407 e. The number of carbonyl (C=O) groups is 1. The first-order valence-electron chi connectivity index (χ1n) is 7.54. The van der Waals surface area contributed by atoms with Crippen molar-refractivity contribution in [2.24, 2.45) is 5.11 Å². The summed E-state index contributed by atoms with van der Waals surface area (Å²) in [5.74, 6) is 0. The van der Waals surface area contributed by atoms with Gasteiger partial charge in [0.2, 0.25) is 0 Å². The number of ether oxygens (including phenoxy) is 1. The van der Waals surface area contributed by atoms with Crippen LogP contribution in [0.15, 0.2) is 65.8 Å². The highest BCUT2D eigenvalue weighted by molar-refractivity contribution is 5.67. The van der Waals surface area contributed by atoms with E-state index in [1.165, 1.54) is 0 Å². The van der Waals surface area contributed by atoms with Crippen LogP contribution in [0.2, 0.25) is 0 Å². The van der Waals surface area contributed by atoms with Crippen LogP contribution in [-0.2, 0) is 11.3 Å². The lowest BCUT2D eigenvalue weighted by Gasteiger charge is -2.05. The molecule has 1 amide bonds. The van der Waals surface area contributed by atoms with Gasteiger partial charge < -0.3 is 10.1 Å². The van der Waals surface area contributed by atoms with Gasteiger partial charge in [-0.1, -0.05) is 65.8 Å². The average Bonchev–Trinajstić information content (AvgIpc) is 2.61. The molecule has 122 valence electrons. The van der Waals surface area contributed by atoms with Gasteiger partial charge in [0, 0.05) is 17.1 Å². The van der Waals surface area contributed by atoms with Crippen LogP contribution in [0.3, 0.4) is 0 Å². The lowest BCUT2D eigenvalue weighted by Crippen LogP contribution is -2.24. The van der Waals surface area contributed by atoms with E-state index in [2.05, 4.69) is 15.3 Å². The van der Waals surface area contributed by atoms with E-state index >= 15 is 0 Å². The van der Waals surface area contributed by atoms with Gasteiger partial charge in [0.15, 0.2) is 0 Å². The molecular formula is C18H18N4O2. The summed E-state index contributed by atoms with van der Waals surface area (Å²) in [6.07, 6.45) is 4.09. The number of nitrogens with zero attached hydrogens (tertiary/aromatic N) is 3. The summed E-state index contributed by atoms with van der Waals surface area (Å²) in [6, 6.07) is 16.8. The lowest BCUT2D eigenvalue weighted by molar-refractivity contribution is 0.140. The molecule has 0 spiro atoms. The van der Waals surface area contributed by atoms with Gasteiger partial charge in [0.1, 0.15) is 6.61 Å². The van der Waals surface area contributed by atoms with Gasteiger partial charge in [-0.25, -0.2) is 4.79 Å². The van der Waals surface area contributed by atoms with Gasteiger partial charge in [-0.3, -0.25) is 0 Å². The maximum absolute atomic E-state index is 11.6. The van der Waals surface area contributed by atoms with Gasteiger partial charge in [0.25, 0.3) is 0 Å². The largest absolute Gasteiger partial charge is 0.445 e. The molecule has 6 heteroatoms. The van der Waals surface area contributed by atoms with Gasteiger partial charge in [-0.05, 0) is 29.1 Å². The average molecular weight is 322 g/mol. The lowest BCUT2D eigenvalue weighted by atomic mass is 10.2. The molecule has 0 bridgehead atoms. The van der Waals surface area contributed by atoms with Crippen LogP contribution >= 0.6 is 0 Å². The summed E-state index contributed by atoms with van der Waals surface area (Å²) < 4.78 is 5.11. The highest BCUT2D eigenvalue weighted by Gasteiger charge is 2.00. The van der Waals surface area contributed by atoms with Crippen LogP contribution in [0.4, 0.5) is 10.5 Å². The van der Waals surface area contributed by atoms with Crippen LogP contribution in [0.1, 0.15) is 17.5 Å². The fourth-order valence-corrected chi connectivity index (χ4v) is 1.99. The standard InChI is InChI=1S/C18H18N4O2/c19-22-21-17-11-6-10-15(13-17)7-4-5-12-20-18(23)24-14-16-8-2-1-3-9-16/h1-4,6-11,13H,5,12,14H2,(H,20,23). The summed E-state index contributed by atoms with van der Waals surface area (Å²) >= 11 is 0. The molecule has 0 radical (unpaired) electrons. The molecule has 0 aromatic heterocycles. The quantitative estimate of drug-likeness (QED) is 0.338. The Morgan fingerprint density at radius 1 is 1.21 bits per heavy atom. The zero-order valence-electron chi connectivity index (χ0n) is 13.1. The molecule has 0 aliphatic carbocycles. The fraction of sp³-hybridized carbons (Fsp3) is 0.167. The van der Waals surface area contributed by atoms with Crippen LogP contribution < -0.4 is 5.32 Å². The van der Waals surface area contributed by atoms with E-state index in [9.17, 15) is 4.79 Å². The first kappa shape index (κ1) is 17.1. The molecule has 0 heterocycles. The van der Waals surface area contributed by atoms with Crippen molar-refractivity contribution in [1.82, 2.24) is 5.32 Å². The zero-order valence-corrected chi connectivity index (χ0v) is 13.1. The Hall–Kier alpha value is -3.24. The second-order valence-electron chi connectivity index (χ2n) is 4.96. The minimum Gasteiger partial charge on any atom is -0.445 e. The monoisotopic (exact) mass is 322 g/mol. The number of benzene rings is 2. The van der Waals surface area contributed by atoms with Crippen molar-refractivity contribution in [3.63, 3.8) is 0 Å². The van der Waals surface area contributed by atoms with E-state index in [-0.39, 0.29) is 6.61 Å². The summed E-state index contributed by atoms with van der Waals surface area (Å²) in [5.41, 5.74) is 10.9. The first-order chi connectivity index (χ1) is 11.8. The zero-order chi connectivity index (χ0) is 17.0. The van der Waals surface area contributed by atoms with Gasteiger partial charge >= 0.3 is 6.09 Å². The normalized spacial score (nSPS) is 10.2. The number of alkyl carbamates (subject to hydrolysis) is 1. The number of hydrogen-bond acceptors (Lipinski definition) is 3. The molecule has 2 aromatic rings. The first-order valence-corrected chi connectivity index (χ1v) is 7.54. The third kappa shape index (κ3) is 6.25. The molecule has 0 aliphatic rings. The minimum atomic E-state index is -0.433. The van der Waals surface area contributed by atoms with Crippen molar-refractivity contribution in [3.8, 4) is 0 Å². The number of rotatable bonds is 7. The predicted molar refractivity (Wildman–Crippen MR) is 93.5 cm³/mol. The Labute approximate surface area is 140 Å². The highest BCUT2D eigenvalue weighted by atomic mass is 16.5. The number of carbonyl (C=O) groups excluding carboxylic acids is 1. The molecule has 2 rings (SSSR count). The van der Waals surface area contributed by atoms with Crippen molar-refractivity contribution in [1.29, 1.82) is 0 Å². The molecule has 0 saturated carbocycles. The van der Waals surface area contributed by atoms with E-state index in [0.29, 0.717) is 18.7 Å². The SMILES string of the molecule is [N-]=[N+]=Nc1cccc(C=CCCNC(=O)OCc2ccccc2)c1. The van der Waals surface area contributed by atoms with Gasteiger partial charge in [-0.2, -0.15) is 0 Å². The molecule has 0 saturated heterocycles. The van der Waals surface area contributed by atoms with E-state index in [1.54, 1.807) is 12.1 Å². The number of hydrogen-bond donors (Lipinski definition) is 1. The Morgan fingerprint density at radius 3 is 2.83 bits per heavy atom. The van der Waals surface area contributed by atoms with Crippen molar-refractivity contribution in [3.05, 3.63) is 82.2 Å². The van der Waals surface area contributed by atoms with Crippen molar-refractivity contribution >= 4 is 17.9 Å². The molecule has 0 fully saturated rings. The number of azide groups is 1. The topological polar surface area (TPSA) is 87.1 Å². The Morgan fingerprint density at radius 2 is 2.04 bits per heavy atom. The Balaban J connectivity index is 1.67. The van der Waals surface area contributed by atoms with Crippen LogP contribution in [-0.4, -0.2) is 12.6 Å². The third-order valence-corrected chi connectivity index (χ3v) is 3.13. The second-order valence-corrected chi connectivity index (χ2v) is 4.96. The summed E-state index contributed by atoms with van der Waals surface area (Å²) in [5, 5.41) is 6.25. The van der Waals surface area contributed by atoms with Crippen molar-refractivity contribution in [2.45, 2.75) is 13.0 Å². The summed E-state index contributed by atoms with van der Waals surface area (Å²) in [7, 11) is 0. The number of amides is 1. The Bertz CT molecular complexity index is 738. The molecule has 0 aliphatic heterocycles. The third-order valence-electron chi connectivity index (χ3n) is 3.13. The maximum Gasteiger partial charge on any atom is 0.407 e. The molecule has 1 N–H and O–H groups in total. The minimum absolute atomic E-state index is 0.259. The van der Waals surface area contributed by atoms with E-state index < -0.39 is 6.09 Å². The van der Waals surface area contributed by atoms with Crippen molar-refractivity contribution < 1.29 is 9.53 Å². The number of nitrogens with one attached hydrogen (secondary N) is 1. The predicted octanol–water partition coefficient (Wildman–Crippen LogP) is 4.96. The highest BCUT2D eigenvalue weighted by Crippen LogP contribution is 2.15. The summed E-state index contributed by atoms with van der Waals surface area (Å²) in [6.45, 7) is 0.745. The van der Waals surface area contributed by atoms with Crippen LogP contribution in [0, 0.1) is 0 Å². The fourth-order valence-electron chi connectivity index (χ4n) is 1.99. The molecule has 2 aromatic carbocycles. The van der Waals surface area contributed by atoms with E-state index in [0.717, 1.165) is 11.1 Å². The molecule has 0 atom stereocenters. The van der Waals surface area contributed by atoms with Crippen LogP contribution in [0.5, 0.6) is 0 Å². The van der Waals surface area contributed by atoms with E-state index in [4.69, 9.17) is 10.3 Å². The molecule has 24 heavy (non-hydrogen) atoms. The molecular weight excluding hydrogens is 304 g/mol. The van der Waals surface area contributed by atoms with Gasteiger partial charge in [0.05, 0.1) is 0 Å². The van der Waals surface area contributed by atoms with Crippen LogP contribution in [0.25, 0.3) is 16.5 Å². The maximum atomic E-state index is 11.6. The molecule has 6 nitrogen and oxygen atoms in total. The van der Waals surface area contributed by atoms with E-state index in [1.807, 2.05) is 54.6 Å². The Kier molecular flexibility index (Phi) is 6.93. The van der Waals surface area contributed by atoms with Gasteiger partial charge in [-0.15, -0.1) is 0 Å². The second kappa shape index (κ2) is 9.71. The summed E-state index contributed by atoms with van der Waals surface area (Å²) in [4.78, 5) is 14.3.